The van der Waals surface area contributed by atoms with Crippen molar-refractivity contribution >= 4 is 21.6 Å². The molecule has 1 aliphatic rings. The van der Waals surface area contributed by atoms with Crippen molar-refractivity contribution in [1.29, 1.82) is 0 Å². The first kappa shape index (κ1) is 14.1. The lowest BCUT2D eigenvalue weighted by molar-refractivity contribution is 0.0699. The van der Waals surface area contributed by atoms with Crippen molar-refractivity contribution in [3.63, 3.8) is 0 Å². The number of aromatic nitrogens is 2. The SMILES string of the molecule is C#CCn1ncc(NCC2CCOCC2)c(Br)c1=O. The van der Waals surface area contributed by atoms with E-state index in [0.717, 1.165) is 32.6 Å². The summed E-state index contributed by atoms with van der Waals surface area (Å²) < 4.78 is 7.05. The normalized spacial score (nSPS) is 16.0. The van der Waals surface area contributed by atoms with Crippen molar-refractivity contribution in [2.24, 2.45) is 5.92 Å². The molecular formula is C13H16BrN3O2. The Balaban J connectivity index is 2.02. The molecule has 0 aromatic carbocycles. The highest BCUT2D eigenvalue weighted by Gasteiger charge is 2.15. The number of halogens is 1. The molecule has 0 aliphatic carbocycles. The zero-order valence-electron chi connectivity index (χ0n) is 10.6. The van der Waals surface area contributed by atoms with Gasteiger partial charge in [-0.2, -0.15) is 5.10 Å². The van der Waals surface area contributed by atoms with Crippen LogP contribution in [-0.2, 0) is 11.3 Å². The van der Waals surface area contributed by atoms with Crippen molar-refractivity contribution in [1.82, 2.24) is 9.78 Å². The first-order valence-electron chi connectivity index (χ1n) is 6.23. The van der Waals surface area contributed by atoms with E-state index in [0.29, 0.717) is 16.1 Å². The number of rotatable bonds is 4. The largest absolute Gasteiger partial charge is 0.382 e. The molecule has 0 unspecified atom stereocenters. The maximum Gasteiger partial charge on any atom is 0.284 e. The molecule has 0 atom stereocenters. The third kappa shape index (κ3) is 3.58. The lowest BCUT2D eigenvalue weighted by Gasteiger charge is -2.22. The summed E-state index contributed by atoms with van der Waals surface area (Å²) in [5, 5.41) is 7.30. The Morgan fingerprint density at radius 2 is 2.32 bits per heavy atom. The quantitative estimate of drug-likeness (QED) is 0.852. The summed E-state index contributed by atoms with van der Waals surface area (Å²) in [4.78, 5) is 11.9. The summed E-state index contributed by atoms with van der Waals surface area (Å²) in [5.41, 5.74) is 0.500. The van der Waals surface area contributed by atoms with Crippen molar-refractivity contribution < 1.29 is 4.74 Å². The molecule has 0 spiro atoms. The molecule has 1 fully saturated rings. The van der Waals surface area contributed by atoms with E-state index in [9.17, 15) is 4.79 Å². The topological polar surface area (TPSA) is 56.1 Å². The minimum atomic E-state index is -0.213. The van der Waals surface area contributed by atoms with E-state index in [1.165, 1.54) is 4.68 Å². The van der Waals surface area contributed by atoms with Gasteiger partial charge in [0.1, 0.15) is 11.0 Å². The van der Waals surface area contributed by atoms with Crippen molar-refractivity contribution in [3.8, 4) is 12.3 Å². The Kier molecular flexibility index (Phi) is 5.00. The smallest absolute Gasteiger partial charge is 0.284 e. The third-order valence-corrected chi connectivity index (χ3v) is 3.91. The minimum absolute atomic E-state index is 0.178. The maximum atomic E-state index is 11.9. The van der Waals surface area contributed by atoms with Gasteiger partial charge in [-0.05, 0) is 34.7 Å². The van der Waals surface area contributed by atoms with E-state index in [4.69, 9.17) is 11.2 Å². The predicted octanol–water partition coefficient (Wildman–Crippen LogP) is 1.48. The number of nitrogens with zero attached hydrogens (tertiary/aromatic N) is 2. The molecule has 1 aromatic rings. The second kappa shape index (κ2) is 6.73. The summed E-state index contributed by atoms with van der Waals surface area (Å²) in [7, 11) is 0. The van der Waals surface area contributed by atoms with Crippen LogP contribution in [0.1, 0.15) is 12.8 Å². The molecule has 1 N–H and O–H groups in total. The summed E-state index contributed by atoms with van der Waals surface area (Å²) in [5.74, 6) is 2.98. The van der Waals surface area contributed by atoms with Crippen LogP contribution < -0.4 is 10.9 Å². The number of anilines is 1. The van der Waals surface area contributed by atoms with Crippen LogP contribution in [0.3, 0.4) is 0 Å². The molecule has 102 valence electrons. The fraction of sp³-hybridized carbons (Fsp3) is 0.538. The fourth-order valence-corrected chi connectivity index (χ4v) is 2.44. The number of hydrogen-bond acceptors (Lipinski definition) is 4. The molecule has 19 heavy (non-hydrogen) atoms. The van der Waals surface area contributed by atoms with Gasteiger partial charge in [0.15, 0.2) is 0 Å². The fourth-order valence-electron chi connectivity index (χ4n) is 1.99. The molecule has 1 aliphatic heterocycles. The van der Waals surface area contributed by atoms with Crippen LogP contribution in [0, 0.1) is 18.3 Å². The van der Waals surface area contributed by atoms with E-state index in [-0.39, 0.29) is 12.1 Å². The summed E-state index contributed by atoms with van der Waals surface area (Å²) in [6.07, 6.45) is 8.90. The molecule has 0 amide bonds. The second-order valence-corrected chi connectivity index (χ2v) is 5.27. The number of terminal acetylenes is 1. The Bertz CT molecular complexity index is 530. The number of ether oxygens (including phenoxy) is 1. The second-order valence-electron chi connectivity index (χ2n) is 4.48. The van der Waals surface area contributed by atoms with Gasteiger partial charge < -0.3 is 10.1 Å². The summed E-state index contributed by atoms with van der Waals surface area (Å²) in [6, 6.07) is 0. The van der Waals surface area contributed by atoms with Crippen molar-refractivity contribution in [2.75, 3.05) is 25.1 Å². The van der Waals surface area contributed by atoms with Crippen LogP contribution in [-0.4, -0.2) is 29.5 Å². The third-order valence-electron chi connectivity index (χ3n) is 3.15. The van der Waals surface area contributed by atoms with Crippen LogP contribution in [0.5, 0.6) is 0 Å². The molecule has 1 aromatic heterocycles. The molecular weight excluding hydrogens is 310 g/mol. The first-order chi connectivity index (χ1) is 9.22. The van der Waals surface area contributed by atoms with E-state index in [1.54, 1.807) is 6.20 Å². The van der Waals surface area contributed by atoms with Gasteiger partial charge >= 0.3 is 0 Å². The molecule has 5 nitrogen and oxygen atoms in total. The monoisotopic (exact) mass is 325 g/mol. The Hall–Kier alpha value is -1.32. The zero-order valence-corrected chi connectivity index (χ0v) is 12.1. The van der Waals surface area contributed by atoms with Crippen LogP contribution in [0.25, 0.3) is 0 Å². The van der Waals surface area contributed by atoms with Gasteiger partial charge in [0.25, 0.3) is 5.56 Å². The molecule has 6 heteroatoms. The van der Waals surface area contributed by atoms with Gasteiger partial charge in [0.05, 0.1) is 11.9 Å². The first-order valence-corrected chi connectivity index (χ1v) is 7.02. The van der Waals surface area contributed by atoms with Gasteiger partial charge in [-0.3, -0.25) is 4.79 Å². The number of nitrogens with one attached hydrogen (secondary N) is 1. The molecule has 2 heterocycles. The average Bonchev–Trinajstić information content (AvgIpc) is 2.44. The Morgan fingerprint density at radius 3 is 3.00 bits per heavy atom. The van der Waals surface area contributed by atoms with Gasteiger partial charge in [0, 0.05) is 19.8 Å². The van der Waals surface area contributed by atoms with E-state index >= 15 is 0 Å². The predicted molar refractivity (Wildman–Crippen MR) is 77.1 cm³/mol. The average molecular weight is 326 g/mol. The maximum absolute atomic E-state index is 11.9. The molecule has 2 rings (SSSR count). The minimum Gasteiger partial charge on any atom is -0.382 e. The summed E-state index contributed by atoms with van der Waals surface area (Å²) >= 11 is 3.30. The Morgan fingerprint density at radius 1 is 1.58 bits per heavy atom. The lowest BCUT2D eigenvalue weighted by atomic mass is 10.0. The van der Waals surface area contributed by atoms with Gasteiger partial charge in [-0.1, -0.05) is 5.92 Å². The van der Waals surface area contributed by atoms with Crippen LogP contribution >= 0.6 is 15.9 Å². The summed E-state index contributed by atoms with van der Waals surface area (Å²) in [6.45, 7) is 2.63. The highest BCUT2D eigenvalue weighted by molar-refractivity contribution is 9.10. The number of hydrogen-bond donors (Lipinski definition) is 1. The van der Waals surface area contributed by atoms with Gasteiger partial charge in [-0.25, -0.2) is 4.68 Å². The van der Waals surface area contributed by atoms with Crippen molar-refractivity contribution in [3.05, 3.63) is 21.0 Å². The highest BCUT2D eigenvalue weighted by atomic mass is 79.9. The van der Waals surface area contributed by atoms with E-state index in [1.807, 2.05) is 0 Å². The van der Waals surface area contributed by atoms with E-state index in [2.05, 4.69) is 32.3 Å². The van der Waals surface area contributed by atoms with Crippen molar-refractivity contribution in [2.45, 2.75) is 19.4 Å². The van der Waals surface area contributed by atoms with Gasteiger partial charge in [0.2, 0.25) is 0 Å². The molecule has 0 radical (unpaired) electrons. The van der Waals surface area contributed by atoms with Crippen LogP contribution in [0.15, 0.2) is 15.5 Å². The molecule has 0 bridgehead atoms. The van der Waals surface area contributed by atoms with E-state index < -0.39 is 0 Å². The molecule has 1 saturated heterocycles. The highest BCUT2D eigenvalue weighted by Crippen LogP contribution is 2.19. The lowest BCUT2D eigenvalue weighted by Crippen LogP contribution is -2.26. The Labute approximate surface area is 120 Å². The standard InChI is InChI=1S/C13H16BrN3O2/c1-2-5-17-13(18)12(14)11(9-16-17)15-8-10-3-6-19-7-4-10/h1,9-10,15H,3-8H2. The van der Waals surface area contributed by atoms with Gasteiger partial charge in [-0.15, -0.1) is 6.42 Å². The van der Waals surface area contributed by atoms with Crippen LogP contribution in [0.4, 0.5) is 5.69 Å². The molecule has 0 saturated carbocycles. The van der Waals surface area contributed by atoms with Crippen LogP contribution in [0.2, 0.25) is 0 Å². The zero-order chi connectivity index (χ0) is 13.7.